The Kier molecular flexibility index (Phi) is 5.67. The van der Waals surface area contributed by atoms with Gasteiger partial charge in [-0.1, -0.05) is 12.1 Å². The molecule has 1 aromatic rings. The molecule has 0 aliphatic carbocycles. The van der Waals surface area contributed by atoms with E-state index >= 15 is 0 Å². The Labute approximate surface area is 120 Å². The molecule has 0 heterocycles. The molecule has 20 heavy (non-hydrogen) atoms. The number of rotatable bonds is 6. The zero-order valence-electron chi connectivity index (χ0n) is 11.6. The van der Waals surface area contributed by atoms with Crippen molar-refractivity contribution in [2.45, 2.75) is 31.2 Å². The normalized spacial score (nSPS) is 14.4. The lowest BCUT2D eigenvalue weighted by Crippen LogP contribution is -2.52. The number of ether oxygens (including phenoxy) is 2. The summed E-state index contributed by atoms with van der Waals surface area (Å²) in [7, 11) is 1.55. The Morgan fingerprint density at radius 2 is 1.95 bits per heavy atom. The average molecular weight is 300 g/mol. The van der Waals surface area contributed by atoms with E-state index in [0.717, 1.165) is 5.56 Å². The highest BCUT2D eigenvalue weighted by Gasteiger charge is 2.34. The van der Waals surface area contributed by atoms with Gasteiger partial charge >= 0.3 is 5.97 Å². The van der Waals surface area contributed by atoms with Gasteiger partial charge in [-0.15, -0.1) is 0 Å². The van der Waals surface area contributed by atoms with Gasteiger partial charge in [0.25, 0.3) is 0 Å². The molecule has 2 N–H and O–H groups in total. The SMILES string of the molecule is COc1ccc(COC(=O)[C@H](N)C(C)(C)S(=O)[O-])cc1. The van der Waals surface area contributed by atoms with Crippen LogP contribution >= 0.6 is 0 Å². The molecule has 2 atom stereocenters. The van der Waals surface area contributed by atoms with E-state index < -0.39 is 27.8 Å². The summed E-state index contributed by atoms with van der Waals surface area (Å²) >= 11 is -2.47. The van der Waals surface area contributed by atoms with Crippen LogP contribution in [0, 0.1) is 0 Å². The van der Waals surface area contributed by atoms with E-state index in [4.69, 9.17) is 15.2 Å². The number of hydrogen-bond donors (Lipinski definition) is 1. The first kappa shape index (κ1) is 16.6. The van der Waals surface area contributed by atoms with E-state index in [1.165, 1.54) is 13.8 Å². The predicted octanol–water partition coefficient (Wildman–Crippen LogP) is 0.723. The minimum Gasteiger partial charge on any atom is -0.772 e. The van der Waals surface area contributed by atoms with Gasteiger partial charge in [-0.2, -0.15) is 0 Å². The predicted molar refractivity (Wildman–Crippen MR) is 73.8 cm³/mol. The largest absolute Gasteiger partial charge is 0.772 e. The van der Waals surface area contributed by atoms with Crippen molar-refractivity contribution in [3.05, 3.63) is 29.8 Å². The molecule has 0 aliphatic rings. The Balaban J connectivity index is 2.60. The van der Waals surface area contributed by atoms with Crippen molar-refractivity contribution in [3.63, 3.8) is 0 Å². The van der Waals surface area contributed by atoms with Gasteiger partial charge in [0, 0.05) is 0 Å². The number of nitrogens with two attached hydrogens (primary N) is 1. The van der Waals surface area contributed by atoms with E-state index in [2.05, 4.69) is 0 Å². The first-order chi connectivity index (χ1) is 9.28. The maximum Gasteiger partial charge on any atom is 0.324 e. The van der Waals surface area contributed by atoms with Crippen LogP contribution in [0.5, 0.6) is 5.75 Å². The monoisotopic (exact) mass is 300 g/mol. The highest BCUT2D eigenvalue weighted by molar-refractivity contribution is 7.80. The van der Waals surface area contributed by atoms with E-state index in [0.29, 0.717) is 5.75 Å². The van der Waals surface area contributed by atoms with Gasteiger partial charge in [0.15, 0.2) is 0 Å². The van der Waals surface area contributed by atoms with Crippen molar-refractivity contribution in [1.82, 2.24) is 0 Å². The van der Waals surface area contributed by atoms with E-state index in [1.807, 2.05) is 0 Å². The van der Waals surface area contributed by atoms with E-state index in [1.54, 1.807) is 31.4 Å². The van der Waals surface area contributed by atoms with Crippen molar-refractivity contribution < 1.29 is 23.0 Å². The molecule has 0 fully saturated rings. The van der Waals surface area contributed by atoms with Gasteiger partial charge in [-0.05, 0) is 42.6 Å². The lowest BCUT2D eigenvalue weighted by Gasteiger charge is -2.31. The van der Waals surface area contributed by atoms with Gasteiger partial charge in [-0.3, -0.25) is 9.00 Å². The highest BCUT2D eigenvalue weighted by atomic mass is 32.2. The summed E-state index contributed by atoms with van der Waals surface area (Å²) in [5.41, 5.74) is 6.37. The van der Waals surface area contributed by atoms with Crippen LogP contribution in [-0.2, 0) is 27.2 Å². The third-order valence-corrected chi connectivity index (χ3v) is 4.09. The summed E-state index contributed by atoms with van der Waals surface area (Å²) in [6, 6.07) is 5.72. The number of carbonyl (C=O) groups excluding carboxylic acids is 1. The lowest BCUT2D eigenvalue weighted by molar-refractivity contribution is -0.147. The standard InChI is InChI=1S/C13H19NO5S/c1-13(2,20(16)17)11(14)12(15)19-8-9-4-6-10(18-3)7-5-9/h4-7,11H,8,14H2,1-3H3,(H,16,17)/p-1/t11-/m0/s1. The summed E-state index contributed by atoms with van der Waals surface area (Å²) in [5.74, 6) is -0.0605. The Morgan fingerprint density at radius 1 is 1.40 bits per heavy atom. The van der Waals surface area contributed by atoms with Gasteiger partial charge in [-0.25, -0.2) is 0 Å². The number of hydrogen-bond acceptors (Lipinski definition) is 6. The maximum absolute atomic E-state index is 11.7. The van der Waals surface area contributed by atoms with Crippen LogP contribution in [0.1, 0.15) is 19.4 Å². The minimum atomic E-state index is -2.47. The second kappa shape index (κ2) is 6.83. The summed E-state index contributed by atoms with van der Waals surface area (Å²) in [6.45, 7) is 2.77. The Hall–Kier alpha value is -1.44. The molecule has 0 spiro atoms. The summed E-state index contributed by atoms with van der Waals surface area (Å²) in [4.78, 5) is 11.7. The fourth-order valence-electron chi connectivity index (χ4n) is 1.35. The molecule has 6 nitrogen and oxygen atoms in total. The molecule has 7 heteroatoms. The smallest absolute Gasteiger partial charge is 0.324 e. The van der Waals surface area contributed by atoms with Gasteiger partial charge in [0.05, 0.1) is 11.9 Å². The molecule has 0 saturated carbocycles. The fourth-order valence-corrected chi connectivity index (χ4v) is 1.66. The number of esters is 1. The second-order valence-corrected chi connectivity index (χ2v) is 6.29. The average Bonchev–Trinajstić information content (AvgIpc) is 2.44. The van der Waals surface area contributed by atoms with Crippen molar-refractivity contribution in [2.75, 3.05) is 7.11 Å². The van der Waals surface area contributed by atoms with Crippen molar-refractivity contribution in [1.29, 1.82) is 0 Å². The second-order valence-electron chi connectivity index (χ2n) is 4.77. The molecule has 0 amide bonds. The molecule has 0 bridgehead atoms. The van der Waals surface area contributed by atoms with Crippen LogP contribution < -0.4 is 10.5 Å². The molecule has 0 aliphatic heterocycles. The molecule has 1 unspecified atom stereocenters. The van der Waals surface area contributed by atoms with Crippen LogP contribution in [0.15, 0.2) is 24.3 Å². The minimum absolute atomic E-state index is 0.0259. The quantitative estimate of drug-likeness (QED) is 0.613. The van der Waals surface area contributed by atoms with Crippen LogP contribution in [0.3, 0.4) is 0 Å². The van der Waals surface area contributed by atoms with Gasteiger partial charge in [0.1, 0.15) is 18.4 Å². The summed E-state index contributed by atoms with van der Waals surface area (Å²) in [5, 5.41) is 0. The third kappa shape index (κ3) is 4.03. The first-order valence-corrected chi connectivity index (χ1v) is 7.01. The van der Waals surface area contributed by atoms with Gasteiger partial charge in [0.2, 0.25) is 0 Å². The van der Waals surface area contributed by atoms with Gasteiger partial charge < -0.3 is 19.8 Å². The van der Waals surface area contributed by atoms with E-state index in [9.17, 15) is 13.6 Å². The number of carbonyl (C=O) groups is 1. The number of methoxy groups -OCH3 is 1. The molecule has 0 aromatic heterocycles. The Morgan fingerprint density at radius 3 is 2.40 bits per heavy atom. The fraction of sp³-hybridized carbons (Fsp3) is 0.462. The zero-order chi connectivity index (χ0) is 15.3. The molecule has 112 valence electrons. The topological polar surface area (TPSA) is 102 Å². The van der Waals surface area contributed by atoms with Crippen molar-refractivity contribution >= 4 is 17.0 Å². The molecular formula is C13H18NO5S-. The van der Waals surface area contributed by atoms with Crippen LogP contribution in [0.2, 0.25) is 0 Å². The first-order valence-electron chi connectivity index (χ1n) is 5.93. The maximum atomic E-state index is 11.7. The van der Waals surface area contributed by atoms with Crippen LogP contribution in [0.25, 0.3) is 0 Å². The lowest BCUT2D eigenvalue weighted by atomic mass is 10.0. The van der Waals surface area contributed by atoms with E-state index in [-0.39, 0.29) is 6.61 Å². The van der Waals surface area contributed by atoms with Crippen LogP contribution in [0.4, 0.5) is 0 Å². The molecule has 0 saturated heterocycles. The Bertz CT molecular complexity index is 486. The van der Waals surface area contributed by atoms with Crippen molar-refractivity contribution in [2.24, 2.45) is 5.73 Å². The molecule has 1 aromatic carbocycles. The molecule has 0 radical (unpaired) electrons. The third-order valence-electron chi connectivity index (χ3n) is 2.97. The molecule has 1 rings (SSSR count). The summed E-state index contributed by atoms with van der Waals surface area (Å²) in [6.07, 6.45) is 0. The van der Waals surface area contributed by atoms with Crippen molar-refractivity contribution in [3.8, 4) is 5.75 Å². The molecular weight excluding hydrogens is 282 g/mol. The van der Waals surface area contributed by atoms with Crippen LogP contribution in [-0.4, -0.2) is 32.6 Å². The summed E-state index contributed by atoms with van der Waals surface area (Å²) < 4.78 is 30.7. The zero-order valence-corrected chi connectivity index (χ0v) is 12.4. The highest BCUT2D eigenvalue weighted by Crippen LogP contribution is 2.17. The number of benzene rings is 1.